The summed E-state index contributed by atoms with van der Waals surface area (Å²) in [5.41, 5.74) is -0.669. The molecular formula is C20H19F6N7. The van der Waals surface area contributed by atoms with Crippen LogP contribution in [0.5, 0.6) is 0 Å². The predicted octanol–water partition coefficient (Wildman–Crippen LogP) is 5.41. The first-order chi connectivity index (χ1) is 15.4. The molecule has 0 bridgehead atoms. The quantitative estimate of drug-likeness (QED) is 0.446. The maximum absolute atomic E-state index is 13.0. The maximum atomic E-state index is 13.0. The highest BCUT2D eigenvalue weighted by Crippen LogP contribution is 2.29. The van der Waals surface area contributed by atoms with Crippen molar-refractivity contribution in [2.75, 3.05) is 10.6 Å². The molecule has 0 radical (unpaired) electrons. The minimum atomic E-state index is -4.63. The van der Waals surface area contributed by atoms with Crippen LogP contribution in [0.1, 0.15) is 31.7 Å². The molecule has 0 aromatic carbocycles. The second kappa shape index (κ2) is 9.55. The number of rotatable bonds is 7. The zero-order chi connectivity index (χ0) is 24.2. The fraction of sp³-hybridized carbons (Fsp3) is 0.350. The maximum Gasteiger partial charge on any atom is 0.433 e. The lowest BCUT2D eigenvalue weighted by atomic mass is 10.2. The highest BCUT2D eigenvalue weighted by molar-refractivity contribution is 5.59. The second-order valence-corrected chi connectivity index (χ2v) is 7.29. The predicted molar refractivity (Wildman–Crippen MR) is 109 cm³/mol. The van der Waals surface area contributed by atoms with Crippen molar-refractivity contribution in [3.63, 3.8) is 0 Å². The van der Waals surface area contributed by atoms with Crippen LogP contribution in [0.4, 0.5) is 43.9 Å². The normalized spacial score (nSPS) is 12.2. The lowest BCUT2D eigenvalue weighted by Gasteiger charge is -2.13. The van der Waals surface area contributed by atoms with Gasteiger partial charge in [0.05, 0.1) is 0 Å². The van der Waals surface area contributed by atoms with E-state index in [4.69, 9.17) is 0 Å². The summed E-state index contributed by atoms with van der Waals surface area (Å²) in [6.45, 7) is 3.65. The molecule has 0 aliphatic rings. The van der Waals surface area contributed by atoms with Gasteiger partial charge in [0, 0.05) is 30.0 Å². The topological polar surface area (TPSA) is 88.5 Å². The highest BCUT2D eigenvalue weighted by Gasteiger charge is 2.32. The molecule has 0 aliphatic heterocycles. The molecule has 0 unspecified atom stereocenters. The first-order valence-electron chi connectivity index (χ1n) is 9.75. The summed E-state index contributed by atoms with van der Waals surface area (Å²) in [6.07, 6.45) is -9.31. The van der Waals surface area contributed by atoms with Crippen molar-refractivity contribution in [2.24, 2.45) is 0 Å². The van der Waals surface area contributed by atoms with E-state index in [0.29, 0.717) is 0 Å². The van der Waals surface area contributed by atoms with Gasteiger partial charge in [-0.2, -0.15) is 41.3 Å². The van der Waals surface area contributed by atoms with Gasteiger partial charge in [0.15, 0.2) is 5.82 Å². The van der Waals surface area contributed by atoms with Gasteiger partial charge in [0.1, 0.15) is 11.4 Å². The number of hydrogen-bond donors (Lipinski definition) is 2. The van der Waals surface area contributed by atoms with Gasteiger partial charge in [-0.15, -0.1) is 0 Å². The van der Waals surface area contributed by atoms with E-state index in [1.165, 1.54) is 24.3 Å². The van der Waals surface area contributed by atoms with Crippen LogP contribution >= 0.6 is 0 Å². The van der Waals surface area contributed by atoms with E-state index in [1.807, 2.05) is 13.8 Å². The van der Waals surface area contributed by atoms with E-state index in [0.717, 1.165) is 12.3 Å². The largest absolute Gasteiger partial charge is 0.433 e. The lowest BCUT2D eigenvalue weighted by molar-refractivity contribution is -0.141. The number of nitrogens with one attached hydrogen (secondary N) is 2. The first-order valence-corrected chi connectivity index (χ1v) is 9.75. The molecule has 0 saturated carbocycles. The van der Waals surface area contributed by atoms with Crippen LogP contribution in [0.25, 0.3) is 11.5 Å². The molecule has 3 aromatic rings. The summed E-state index contributed by atoms with van der Waals surface area (Å²) < 4.78 is 76.5. The van der Waals surface area contributed by atoms with Crippen molar-refractivity contribution >= 4 is 17.6 Å². The molecule has 0 spiro atoms. The van der Waals surface area contributed by atoms with Crippen molar-refractivity contribution < 1.29 is 26.3 Å². The Labute approximate surface area is 184 Å². The smallest absolute Gasteiger partial charge is 0.352 e. The van der Waals surface area contributed by atoms with E-state index in [2.05, 4.69) is 35.6 Å². The van der Waals surface area contributed by atoms with Crippen molar-refractivity contribution in [1.82, 2.24) is 24.9 Å². The van der Waals surface area contributed by atoms with Crippen LogP contribution in [-0.4, -0.2) is 37.1 Å². The van der Waals surface area contributed by atoms with Gasteiger partial charge in [-0.25, -0.2) is 4.98 Å². The average Bonchev–Trinajstić information content (AvgIpc) is 2.71. The Morgan fingerprint density at radius 2 is 1.64 bits per heavy atom. The SMILES string of the molecule is CC(C)Nc1nc(Nc2ccnc(C(F)(F)F)c2)nc(-c2cccc(CCC(F)(F)F)n2)n1. The third-order valence-corrected chi connectivity index (χ3v) is 4.06. The summed E-state index contributed by atoms with van der Waals surface area (Å²) in [5.74, 6) is 0.0738. The molecule has 3 rings (SSSR count). The van der Waals surface area contributed by atoms with Crippen LogP contribution < -0.4 is 10.6 Å². The van der Waals surface area contributed by atoms with Crippen LogP contribution in [-0.2, 0) is 12.6 Å². The molecule has 0 saturated heterocycles. The van der Waals surface area contributed by atoms with Crippen molar-refractivity contribution in [1.29, 1.82) is 0 Å². The molecule has 0 amide bonds. The molecule has 3 heterocycles. The number of alkyl halides is 6. The van der Waals surface area contributed by atoms with Crippen LogP contribution in [0, 0.1) is 0 Å². The zero-order valence-electron chi connectivity index (χ0n) is 17.5. The van der Waals surface area contributed by atoms with E-state index in [1.54, 1.807) is 0 Å². The highest BCUT2D eigenvalue weighted by atomic mass is 19.4. The van der Waals surface area contributed by atoms with E-state index < -0.39 is 24.5 Å². The third-order valence-electron chi connectivity index (χ3n) is 4.06. The second-order valence-electron chi connectivity index (χ2n) is 7.29. The van der Waals surface area contributed by atoms with Gasteiger partial charge in [-0.3, -0.25) is 4.98 Å². The third kappa shape index (κ3) is 7.26. The van der Waals surface area contributed by atoms with Crippen LogP contribution in [0.3, 0.4) is 0 Å². The van der Waals surface area contributed by atoms with Gasteiger partial charge >= 0.3 is 12.4 Å². The summed E-state index contributed by atoms with van der Waals surface area (Å²) in [5, 5.41) is 5.65. The molecule has 13 heteroatoms. The molecule has 2 N–H and O–H groups in total. The summed E-state index contributed by atoms with van der Waals surface area (Å²) in [6, 6.07) is 6.53. The van der Waals surface area contributed by atoms with Crippen molar-refractivity contribution in [3.05, 3.63) is 47.9 Å². The van der Waals surface area contributed by atoms with Crippen LogP contribution in [0.2, 0.25) is 0 Å². The number of aryl methyl sites for hydroxylation is 1. The Morgan fingerprint density at radius 3 is 2.30 bits per heavy atom. The van der Waals surface area contributed by atoms with E-state index >= 15 is 0 Å². The Kier molecular flexibility index (Phi) is 6.98. The number of halogens is 6. The summed E-state index contributed by atoms with van der Waals surface area (Å²) in [4.78, 5) is 20.1. The number of pyridine rings is 2. The molecular weight excluding hydrogens is 452 g/mol. The summed E-state index contributed by atoms with van der Waals surface area (Å²) in [7, 11) is 0. The standard InChI is InChI=1S/C20H19F6N7/c1-11(2)28-17-31-16(14-5-3-4-12(29-14)6-8-19(21,22)23)32-18(33-17)30-13-7-9-27-15(10-13)20(24,25)26/h3-5,7,9-11H,6,8H2,1-2H3,(H2,27,28,30,31,32,33). The Balaban J connectivity index is 1.94. The Bertz CT molecular complexity index is 1100. The van der Waals surface area contributed by atoms with E-state index in [9.17, 15) is 26.3 Å². The van der Waals surface area contributed by atoms with Gasteiger partial charge in [0.2, 0.25) is 11.9 Å². The molecule has 176 valence electrons. The average molecular weight is 471 g/mol. The number of anilines is 3. The Morgan fingerprint density at radius 1 is 0.909 bits per heavy atom. The number of hydrogen-bond acceptors (Lipinski definition) is 7. The fourth-order valence-electron chi connectivity index (χ4n) is 2.67. The van der Waals surface area contributed by atoms with E-state index in [-0.39, 0.29) is 47.3 Å². The monoisotopic (exact) mass is 471 g/mol. The molecule has 0 fully saturated rings. The summed E-state index contributed by atoms with van der Waals surface area (Å²) >= 11 is 0. The van der Waals surface area contributed by atoms with Gasteiger partial charge in [0.25, 0.3) is 0 Å². The number of aromatic nitrogens is 5. The van der Waals surface area contributed by atoms with Gasteiger partial charge in [-0.1, -0.05) is 6.07 Å². The molecule has 7 nitrogen and oxygen atoms in total. The zero-order valence-corrected chi connectivity index (χ0v) is 17.5. The molecule has 33 heavy (non-hydrogen) atoms. The Hall–Kier alpha value is -3.51. The first kappa shape index (κ1) is 24.1. The lowest BCUT2D eigenvalue weighted by Crippen LogP contribution is -2.15. The van der Waals surface area contributed by atoms with Crippen molar-refractivity contribution in [3.8, 4) is 11.5 Å². The fourth-order valence-corrected chi connectivity index (χ4v) is 2.67. The van der Waals surface area contributed by atoms with Crippen molar-refractivity contribution in [2.45, 2.75) is 45.1 Å². The van der Waals surface area contributed by atoms with Crippen LogP contribution in [0.15, 0.2) is 36.5 Å². The van der Waals surface area contributed by atoms with Gasteiger partial charge in [-0.05, 0) is 44.5 Å². The minimum absolute atomic E-state index is 0.0367. The molecule has 0 atom stereocenters. The minimum Gasteiger partial charge on any atom is -0.352 e. The number of nitrogens with zero attached hydrogens (tertiary/aromatic N) is 5. The molecule has 3 aromatic heterocycles. The van der Waals surface area contributed by atoms with Gasteiger partial charge < -0.3 is 10.6 Å². The molecule has 0 aliphatic carbocycles.